The van der Waals surface area contributed by atoms with Crippen molar-refractivity contribution in [3.05, 3.63) is 29.8 Å². The van der Waals surface area contributed by atoms with Gasteiger partial charge in [0.25, 0.3) is 0 Å². The number of nitrogens with zero attached hydrogens (tertiary/aromatic N) is 1. The van der Waals surface area contributed by atoms with Crippen LogP contribution in [0.25, 0.3) is 0 Å². The Morgan fingerprint density at radius 1 is 1.33 bits per heavy atom. The minimum absolute atomic E-state index is 0.303. The van der Waals surface area contributed by atoms with Crippen molar-refractivity contribution in [3.63, 3.8) is 0 Å². The number of phenols is 1. The van der Waals surface area contributed by atoms with Crippen LogP contribution in [0.1, 0.15) is 5.56 Å². The molecule has 0 bridgehead atoms. The number of guanidine groups is 1. The Kier molecular flexibility index (Phi) is 4.47. The number of rotatable bonds is 3. The number of nitrogens with one attached hydrogen (secondary N) is 2. The van der Waals surface area contributed by atoms with Gasteiger partial charge in [-0.3, -0.25) is 4.99 Å². The average Bonchev–Trinajstić information content (AvgIpc) is 2.27. The smallest absolute Gasteiger partial charge is 0.190 e. The molecule has 1 rings (SSSR count). The van der Waals surface area contributed by atoms with Gasteiger partial charge < -0.3 is 15.7 Å². The Bertz CT molecular complexity index is 319. The van der Waals surface area contributed by atoms with Crippen molar-refractivity contribution in [1.82, 2.24) is 10.6 Å². The molecule has 1 aromatic carbocycles. The molecule has 0 amide bonds. The molecule has 82 valence electrons. The van der Waals surface area contributed by atoms with Gasteiger partial charge in [-0.15, -0.1) is 0 Å². The zero-order valence-electron chi connectivity index (χ0n) is 9.12. The Balaban J connectivity index is 2.35. The van der Waals surface area contributed by atoms with Gasteiger partial charge in [0.1, 0.15) is 5.75 Å². The fourth-order valence-corrected chi connectivity index (χ4v) is 1.27. The van der Waals surface area contributed by atoms with Gasteiger partial charge in [0.2, 0.25) is 0 Å². The fraction of sp³-hybridized carbons (Fsp3) is 0.364. The summed E-state index contributed by atoms with van der Waals surface area (Å²) in [4.78, 5) is 4.01. The molecule has 0 radical (unpaired) electrons. The van der Waals surface area contributed by atoms with Crippen molar-refractivity contribution in [2.75, 3.05) is 20.6 Å². The molecular formula is C11H17N3O. The molecule has 0 heterocycles. The molecule has 4 nitrogen and oxygen atoms in total. The minimum atomic E-state index is 0.303. The van der Waals surface area contributed by atoms with Crippen molar-refractivity contribution >= 4 is 5.96 Å². The first-order valence-electron chi connectivity index (χ1n) is 4.92. The molecule has 15 heavy (non-hydrogen) atoms. The van der Waals surface area contributed by atoms with E-state index in [0.29, 0.717) is 5.75 Å². The number of hydrogen-bond donors (Lipinski definition) is 3. The maximum Gasteiger partial charge on any atom is 0.190 e. The topological polar surface area (TPSA) is 56.7 Å². The predicted molar refractivity (Wildman–Crippen MR) is 62.2 cm³/mol. The van der Waals surface area contributed by atoms with E-state index in [1.165, 1.54) is 5.56 Å². The Hall–Kier alpha value is -1.71. The molecule has 0 saturated heterocycles. The Morgan fingerprint density at radius 2 is 2.00 bits per heavy atom. The van der Waals surface area contributed by atoms with E-state index in [-0.39, 0.29) is 0 Å². The summed E-state index contributed by atoms with van der Waals surface area (Å²) >= 11 is 0. The van der Waals surface area contributed by atoms with E-state index in [0.717, 1.165) is 18.9 Å². The first-order chi connectivity index (χ1) is 7.26. The van der Waals surface area contributed by atoms with E-state index >= 15 is 0 Å². The summed E-state index contributed by atoms with van der Waals surface area (Å²) in [6, 6.07) is 7.22. The summed E-state index contributed by atoms with van der Waals surface area (Å²) < 4.78 is 0. The molecule has 1 aromatic rings. The van der Waals surface area contributed by atoms with Crippen molar-refractivity contribution in [3.8, 4) is 5.75 Å². The van der Waals surface area contributed by atoms with Gasteiger partial charge in [-0.25, -0.2) is 0 Å². The first kappa shape index (κ1) is 11.4. The Morgan fingerprint density at radius 3 is 2.53 bits per heavy atom. The standard InChI is InChI=1S/C11H17N3O/c1-12-11(13-2)14-8-7-9-3-5-10(15)6-4-9/h3-6,15H,7-8H2,1-2H3,(H2,12,13,14). The molecule has 0 fully saturated rings. The maximum absolute atomic E-state index is 9.10. The molecular weight excluding hydrogens is 190 g/mol. The summed E-state index contributed by atoms with van der Waals surface area (Å²) in [7, 11) is 3.56. The molecule has 0 spiro atoms. The van der Waals surface area contributed by atoms with Crippen LogP contribution in [0.4, 0.5) is 0 Å². The lowest BCUT2D eigenvalue weighted by molar-refractivity contribution is 0.475. The van der Waals surface area contributed by atoms with E-state index in [1.807, 2.05) is 19.2 Å². The normalized spacial score (nSPS) is 11.2. The molecule has 0 aliphatic heterocycles. The molecule has 4 heteroatoms. The van der Waals surface area contributed by atoms with E-state index in [9.17, 15) is 0 Å². The second-order valence-electron chi connectivity index (χ2n) is 3.17. The monoisotopic (exact) mass is 207 g/mol. The molecule has 0 aromatic heterocycles. The summed E-state index contributed by atoms with van der Waals surface area (Å²) in [5.74, 6) is 1.09. The van der Waals surface area contributed by atoms with Gasteiger partial charge in [-0.2, -0.15) is 0 Å². The van der Waals surface area contributed by atoms with Crippen LogP contribution in [0.2, 0.25) is 0 Å². The van der Waals surface area contributed by atoms with Crippen LogP contribution < -0.4 is 10.6 Å². The second kappa shape index (κ2) is 5.90. The number of benzene rings is 1. The van der Waals surface area contributed by atoms with Crippen molar-refractivity contribution < 1.29 is 5.11 Å². The predicted octanol–water partition coefficient (Wildman–Crippen LogP) is 0.729. The van der Waals surface area contributed by atoms with Gasteiger partial charge in [-0.05, 0) is 24.1 Å². The van der Waals surface area contributed by atoms with Crippen LogP contribution >= 0.6 is 0 Å². The third-order valence-corrected chi connectivity index (χ3v) is 2.10. The van der Waals surface area contributed by atoms with Crippen LogP contribution in [-0.4, -0.2) is 31.7 Å². The summed E-state index contributed by atoms with van der Waals surface area (Å²) in [6.45, 7) is 0.818. The van der Waals surface area contributed by atoms with E-state index in [4.69, 9.17) is 5.11 Å². The average molecular weight is 207 g/mol. The maximum atomic E-state index is 9.10. The fourth-order valence-electron chi connectivity index (χ4n) is 1.27. The highest BCUT2D eigenvalue weighted by atomic mass is 16.3. The molecule has 0 aliphatic rings. The number of hydrogen-bond acceptors (Lipinski definition) is 2. The second-order valence-corrected chi connectivity index (χ2v) is 3.17. The zero-order valence-corrected chi connectivity index (χ0v) is 9.12. The number of aliphatic imine (C=N–C) groups is 1. The van der Waals surface area contributed by atoms with Gasteiger partial charge >= 0.3 is 0 Å². The molecule has 3 N–H and O–H groups in total. The third-order valence-electron chi connectivity index (χ3n) is 2.10. The molecule has 0 aliphatic carbocycles. The van der Waals surface area contributed by atoms with E-state index in [1.54, 1.807) is 19.2 Å². The largest absolute Gasteiger partial charge is 0.508 e. The number of aromatic hydroxyl groups is 1. The van der Waals surface area contributed by atoms with Crippen molar-refractivity contribution in [1.29, 1.82) is 0 Å². The summed E-state index contributed by atoms with van der Waals surface area (Å²) in [6.07, 6.45) is 0.904. The van der Waals surface area contributed by atoms with Crippen molar-refractivity contribution in [2.24, 2.45) is 4.99 Å². The molecule has 0 saturated carbocycles. The summed E-state index contributed by atoms with van der Waals surface area (Å²) in [5.41, 5.74) is 1.19. The Labute approximate surface area is 90.0 Å². The minimum Gasteiger partial charge on any atom is -0.508 e. The van der Waals surface area contributed by atoms with Crippen molar-refractivity contribution in [2.45, 2.75) is 6.42 Å². The highest BCUT2D eigenvalue weighted by Gasteiger charge is 1.95. The van der Waals surface area contributed by atoms with Crippen LogP contribution in [0.3, 0.4) is 0 Å². The third kappa shape index (κ3) is 3.89. The molecule has 0 unspecified atom stereocenters. The van der Waals surface area contributed by atoms with Gasteiger partial charge in [0.05, 0.1) is 0 Å². The van der Waals surface area contributed by atoms with E-state index < -0.39 is 0 Å². The first-order valence-corrected chi connectivity index (χ1v) is 4.92. The van der Waals surface area contributed by atoms with Crippen LogP contribution in [0.5, 0.6) is 5.75 Å². The highest BCUT2D eigenvalue weighted by molar-refractivity contribution is 5.79. The lowest BCUT2D eigenvalue weighted by Gasteiger charge is -2.08. The lowest BCUT2D eigenvalue weighted by atomic mass is 10.1. The van der Waals surface area contributed by atoms with Gasteiger partial charge in [-0.1, -0.05) is 12.1 Å². The van der Waals surface area contributed by atoms with Crippen LogP contribution in [-0.2, 0) is 6.42 Å². The SMILES string of the molecule is CN=C(NC)NCCc1ccc(O)cc1. The number of phenolic OH excluding ortho intramolecular Hbond substituents is 1. The zero-order chi connectivity index (χ0) is 11.1. The highest BCUT2D eigenvalue weighted by Crippen LogP contribution is 2.09. The van der Waals surface area contributed by atoms with Crippen LogP contribution in [0.15, 0.2) is 29.3 Å². The quantitative estimate of drug-likeness (QED) is 0.506. The van der Waals surface area contributed by atoms with Gasteiger partial charge in [0.15, 0.2) is 5.96 Å². The van der Waals surface area contributed by atoms with Gasteiger partial charge in [0, 0.05) is 20.6 Å². The molecule has 0 atom stereocenters. The van der Waals surface area contributed by atoms with E-state index in [2.05, 4.69) is 15.6 Å². The summed E-state index contributed by atoms with van der Waals surface area (Å²) in [5, 5.41) is 15.2. The lowest BCUT2D eigenvalue weighted by Crippen LogP contribution is -2.35. The van der Waals surface area contributed by atoms with Crippen LogP contribution in [0, 0.1) is 0 Å².